The molecule has 1 aliphatic heterocycles. The van der Waals surface area contributed by atoms with Crippen molar-refractivity contribution in [1.82, 2.24) is 4.90 Å². The highest BCUT2D eigenvalue weighted by molar-refractivity contribution is 7.99. The molecule has 1 saturated heterocycles. The maximum Gasteiger partial charge on any atom is 0.329 e. The normalized spacial score (nSPS) is 19.1. The first-order chi connectivity index (χ1) is 13.0. The molecule has 0 N–H and O–H groups in total. The van der Waals surface area contributed by atoms with Crippen molar-refractivity contribution in [3.8, 4) is 0 Å². The molecule has 0 radical (unpaired) electrons. The number of amides is 1. The van der Waals surface area contributed by atoms with E-state index in [0.29, 0.717) is 17.9 Å². The molecule has 2 unspecified atom stereocenters. The SMILES string of the molecule is CCCOC(=O)C1CSC(c2ccc(F)cc2)N1C(=O)c1ccc(C)cc1. The van der Waals surface area contributed by atoms with Gasteiger partial charge in [-0.15, -0.1) is 11.8 Å². The Morgan fingerprint density at radius 1 is 1.15 bits per heavy atom. The van der Waals surface area contributed by atoms with Gasteiger partial charge in [-0.05, 0) is 43.2 Å². The highest BCUT2D eigenvalue weighted by Crippen LogP contribution is 2.42. The van der Waals surface area contributed by atoms with Crippen molar-refractivity contribution in [2.24, 2.45) is 0 Å². The third-order valence-corrected chi connectivity index (χ3v) is 5.73. The molecule has 2 aromatic rings. The van der Waals surface area contributed by atoms with Gasteiger partial charge in [0.1, 0.15) is 17.2 Å². The molecule has 6 heteroatoms. The highest BCUT2D eigenvalue weighted by Gasteiger charge is 2.43. The van der Waals surface area contributed by atoms with Gasteiger partial charge in [-0.3, -0.25) is 4.79 Å². The minimum Gasteiger partial charge on any atom is -0.464 e. The maximum atomic E-state index is 13.3. The first-order valence-electron chi connectivity index (χ1n) is 8.94. The van der Waals surface area contributed by atoms with Gasteiger partial charge in [0.2, 0.25) is 0 Å². The highest BCUT2D eigenvalue weighted by atomic mass is 32.2. The average Bonchev–Trinajstić information content (AvgIpc) is 3.12. The van der Waals surface area contributed by atoms with E-state index in [0.717, 1.165) is 17.5 Å². The lowest BCUT2D eigenvalue weighted by atomic mass is 10.1. The van der Waals surface area contributed by atoms with Crippen LogP contribution >= 0.6 is 11.8 Å². The number of aryl methyl sites for hydroxylation is 1. The summed E-state index contributed by atoms with van der Waals surface area (Å²) in [4.78, 5) is 27.3. The third-order valence-electron chi connectivity index (χ3n) is 4.41. The number of carbonyl (C=O) groups is 2. The van der Waals surface area contributed by atoms with Crippen LogP contribution < -0.4 is 0 Å². The molecule has 1 fully saturated rings. The number of hydrogen-bond acceptors (Lipinski definition) is 4. The van der Waals surface area contributed by atoms with Crippen LogP contribution in [0.15, 0.2) is 48.5 Å². The summed E-state index contributed by atoms with van der Waals surface area (Å²) in [5.74, 6) is -0.512. The van der Waals surface area contributed by atoms with Crippen molar-refractivity contribution < 1.29 is 18.7 Å². The number of benzene rings is 2. The van der Waals surface area contributed by atoms with Gasteiger partial charge in [0.25, 0.3) is 5.91 Å². The second-order valence-corrected chi connectivity index (χ2v) is 7.61. The fraction of sp³-hybridized carbons (Fsp3) is 0.333. The van der Waals surface area contributed by atoms with Gasteiger partial charge in [0.05, 0.1) is 6.61 Å². The molecule has 0 bridgehead atoms. The Balaban J connectivity index is 1.93. The van der Waals surface area contributed by atoms with E-state index in [1.807, 2.05) is 26.0 Å². The predicted molar refractivity (Wildman–Crippen MR) is 104 cm³/mol. The predicted octanol–water partition coefficient (Wildman–Crippen LogP) is 4.34. The summed E-state index contributed by atoms with van der Waals surface area (Å²) in [5, 5.41) is -0.362. The fourth-order valence-corrected chi connectivity index (χ4v) is 4.38. The van der Waals surface area contributed by atoms with Crippen molar-refractivity contribution in [2.75, 3.05) is 12.4 Å². The molecule has 1 aliphatic rings. The number of nitrogens with zero attached hydrogens (tertiary/aromatic N) is 1. The van der Waals surface area contributed by atoms with E-state index in [1.54, 1.807) is 29.2 Å². The van der Waals surface area contributed by atoms with Crippen molar-refractivity contribution in [2.45, 2.75) is 31.7 Å². The number of carbonyl (C=O) groups excluding carboxylic acids is 2. The van der Waals surface area contributed by atoms with Crippen LogP contribution in [-0.4, -0.2) is 35.2 Å². The molecule has 27 heavy (non-hydrogen) atoms. The van der Waals surface area contributed by atoms with Gasteiger partial charge >= 0.3 is 5.97 Å². The smallest absolute Gasteiger partial charge is 0.329 e. The van der Waals surface area contributed by atoms with Crippen molar-refractivity contribution in [3.05, 3.63) is 71.0 Å². The zero-order valence-corrected chi connectivity index (χ0v) is 16.2. The van der Waals surface area contributed by atoms with E-state index < -0.39 is 12.0 Å². The van der Waals surface area contributed by atoms with Gasteiger partial charge in [-0.2, -0.15) is 0 Å². The van der Waals surface area contributed by atoms with Crippen LogP contribution in [0.3, 0.4) is 0 Å². The van der Waals surface area contributed by atoms with Crippen molar-refractivity contribution >= 4 is 23.6 Å². The number of thioether (sulfide) groups is 1. The van der Waals surface area contributed by atoms with Crippen LogP contribution in [0.4, 0.5) is 4.39 Å². The maximum absolute atomic E-state index is 13.3. The van der Waals surface area contributed by atoms with Crippen LogP contribution in [0, 0.1) is 12.7 Å². The van der Waals surface area contributed by atoms with Gasteiger partial charge in [-0.25, -0.2) is 9.18 Å². The second kappa shape index (κ2) is 8.57. The summed E-state index contributed by atoms with van der Waals surface area (Å²) >= 11 is 1.49. The molecular formula is C21H22FNO3S. The van der Waals surface area contributed by atoms with Crippen molar-refractivity contribution in [3.63, 3.8) is 0 Å². The van der Waals surface area contributed by atoms with Gasteiger partial charge < -0.3 is 9.64 Å². The van der Waals surface area contributed by atoms with E-state index in [1.165, 1.54) is 23.9 Å². The number of halogens is 1. The van der Waals surface area contributed by atoms with Gasteiger partial charge in [0.15, 0.2) is 0 Å². The standard InChI is InChI=1S/C21H22FNO3S/c1-3-12-26-21(25)18-13-27-20(16-8-10-17(22)11-9-16)23(18)19(24)15-6-4-14(2)5-7-15/h4-11,18,20H,3,12-13H2,1-2H3. The van der Waals surface area contributed by atoms with Crippen LogP contribution in [-0.2, 0) is 9.53 Å². The molecular weight excluding hydrogens is 365 g/mol. The monoisotopic (exact) mass is 387 g/mol. The molecule has 0 saturated carbocycles. The van der Waals surface area contributed by atoms with E-state index in [4.69, 9.17) is 4.74 Å². The summed E-state index contributed by atoms with van der Waals surface area (Å²) in [6, 6.07) is 12.6. The minimum absolute atomic E-state index is 0.229. The fourth-order valence-electron chi connectivity index (χ4n) is 2.96. The Kier molecular flexibility index (Phi) is 6.16. The molecule has 2 aromatic carbocycles. The van der Waals surface area contributed by atoms with Crippen LogP contribution in [0.25, 0.3) is 0 Å². The number of esters is 1. The third kappa shape index (κ3) is 4.33. The Hall–Kier alpha value is -2.34. The molecule has 1 heterocycles. The van der Waals surface area contributed by atoms with Crippen LogP contribution in [0.2, 0.25) is 0 Å². The molecule has 1 amide bonds. The van der Waals surface area contributed by atoms with E-state index in [9.17, 15) is 14.0 Å². The van der Waals surface area contributed by atoms with E-state index in [-0.39, 0.29) is 17.1 Å². The molecule has 142 valence electrons. The number of ether oxygens (including phenoxy) is 1. The van der Waals surface area contributed by atoms with Gasteiger partial charge in [0, 0.05) is 11.3 Å². The van der Waals surface area contributed by atoms with Crippen LogP contribution in [0.1, 0.15) is 40.2 Å². The lowest BCUT2D eigenvalue weighted by molar-refractivity contribution is -0.148. The Labute approximate surface area is 162 Å². The second-order valence-electron chi connectivity index (χ2n) is 6.50. The lowest BCUT2D eigenvalue weighted by Crippen LogP contribution is -2.44. The largest absolute Gasteiger partial charge is 0.464 e. The molecule has 2 atom stereocenters. The summed E-state index contributed by atoms with van der Waals surface area (Å²) in [6.07, 6.45) is 0.721. The van der Waals surface area contributed by atoms with E-state index in [2.05, 4.69) is 0 Å². The zero-order valence-electron chi connectivity index (χ0n) is 15.4. The summed E-state index contributed by atoms with van der Waals surface area (Å²) in [6.45, 7) is 4.20. The van der Waals surface area contributed by atoms with E-state index >= 15 is 0 Å². The summed E-state index contributed by atoms with van der Waals surface area (Å²) in [7, 11) is 0. The number of hydrogen-bond donors (Lipinski definition) is 0. The van der Waals surface area contributed by atoms with Gasteiger partial charge in [-0.1, -0.05) is 36.8 Å². The number of rotatable bonds is 5. The summed E-state index contributed by atoms with van der Waals surface area (Å²) < 4.78 is 18.6. The molecule has 0 spiro atoms. The molecule has 3 rings (SSSR count). The molecule has 0 aromatic heterocycles. The van der Waals surface area contributed by atoms with Crippen LogP contribution in [0.5, 0.6) is 0 Å². The molecule has 0 aliphatic carbocycles. The zero-order chi connectivity index (χ0) is 19.4. The Bertz CT molecular complexity index is 807. The topological polar surface area (TPSA) is 46.6 Å². The quantitative estimate of drug-likeness (QED) is 0.716. The lowest BCUT2D eigenvalue weighted by Gasteiger charge is -2.28. The average molecular weight is 387 g/mol. The van der Waals surface area contributed by atoms with Crippen molar-refractivity contribution in [1.29, 1.82) is 0 Å². The minimum atomic E-state index is -0.662. The Morgan fingerprint density at radius 2 is 1.81 bits per heavy atom. The molecule has 4 nitrogen and oxygen atoms in total. The summed E-state index contributed by atoms with van der Waals surface area (Å²) in [5.41, 5.74) is 2.35. The Morgan fingerprint density at radius 3 is 2.44 bits per heavy atom. The first kappa shape index (κ1) is 19.4. The first-order valence-corrected chi connectivity index (χ1v) is 9.99.